The van der Waals surface area contributed by atoms with Gasteiger partial charge in [0.05, 0.1) is 4.92 Å². The predicted octanol–water partition coefficient (Wildman–Crippen LogP) is 2.85. The summed E-state index contributed by atoms with van der Waals surface area (Å²) in [4.78, 5) is 10.8. The van der Waals surface area contributed by atoms with Crippen molar-refractivity contribution in [1.29, 1.82) is 0 Å². The molecule has 0 radical (unpaired) electrons. The number of sulfonamides is 1. The summed E-state index contributed by atoms with van der Waals surface area (Å²) in [6.45, 7) is 0.142. The van der Waals surface area contributed by atoms with Crippen molar-refractivity contribution in [1.82, 2.24) is 4.72 Å². The van der Waals surface area contributed by atoms with E-state index in [9.17, 15) is 18.5 Å². The summed E-state index contributed by atoms with van der Waals surface area (Å²) in [5.41, 5.74) is -0.400. The van der Waals surface area contributed by atoms with E-state index in [4.69, 9.17) is 11.6 Å². The van der Waals surface area contributed by atoms with Crippen LogP contribution < -0.4 is 4.72 Å². The maximum atomic E-state index is 11.9. The zero-order valence-corrected chi connectivity index (χ0v) is 12.4. The first-order valence-electron chi connectivity index (χ1n) is 4.86. The highest BCUT2D eigenvalue weighted by Gasteiger charge is 2.25. The second-order valence-corrected chi connectivity index (χ2v) is 8.07. The van der Waals surface area contributed by atoms with Gasteiger partial charge in [0.1, 0.15) is 4.21 Å². The van der Waals surface area contributed by atoms with Gasteiger partial charge in [-0.3, -0.25) is 10.1 Å². The van der Waals surface area contributed by atoms with Crippen molar-refractivity contribution in [3.05, 3.63) is 42.9 Å². The van der Waals surface area contributed by atoms with Crippen LogP contribution in [0.25, 0.3) is 0 Å². The average molecular weight is 339 g/mol. The normalized spacial score (nSPS) is 11.6. The van der Waals surface area contributed by atoms with E-state index in [1.54, 1.807) is 12.1 Å². The predicted molar refractivity (Wildman–Crippen MR) is 74.3 cm³/mol. The Hall–Kier alpha value is -1.000. The van der Waals surface area contributed by atoms with Crippen molar-refractivity contribution in [3.63, 3.8) is 0 Å². The molecular formula is C9H7ClN2O4S3. The lowest BCUT2D eigenvalue weighted by molar-refractivity contribution is -0.384. The zero-order chi connectivity index (χ0) is 14.0. The molecule has 0 bridgehead atoms. The molecule has 1 N–H and O–H groups in total. The van der Waals surface area contributed by atoms with Gasteiger partial charge in [0.25, 0.3) is 15.7 Å². The SMILES string of the molecule is O=[N+]([O-])c1cc(S(=O)(=O)NCc2cccs2)sc1Cl. The fourth-order valence-corrected chi connectivity index (χ4v) is 4.70. The Balaban J connectivity index is 2.20. The van der Waals surface area contributed by atoms with Gasteiger partial charge in [-0.25, -0.2) is 13.1 Å². The van der Waals surface area contributed by atoms with Crippen molar-refractivity contribution in [2.75, 3.05) is 0 Å². The molecule has 102 valence electrons. The molecule has 0 fully saturated rings. The van der Waals surface area contributed by atoms with Crippen molar-refractivity contribution in [3.8, 4) is 0 Å². The van der Waals surface area contributed by atoms with Gasteiger partial charge in [-0.05, 0) is 11.4 Å². The van der Waals surface area contributed by atoms with Crippen LogP contribution in [0, 0.1) is 10.1 Å². The van der Waals surface area contributed by atoms with E-state index in [-0.39, 0.29) is 15.1 Å². The van der Waals surface area contributed by atoms with Crippen LogP contribution in [0.1, 0.15) is 4.88 Å². The lowest BCUT2D eigenvalue weighted by Gasteiger charge is -2.01. The lowest BCUT2D eigenvalue weighted by Crippen LogP contribution is -2.21. The summed E-state index contributed by atoms with van der Waals surface area (Å²) < 4.78 is 25.9. The summed E-state index contributed by atoms with van der Waals surface area (Å²) in [5.74, 6) is 0. The molecule has 0 aliphatic carbocycles. The van der Waals surface area contributed by atoms with Crippen LogP contribution in [0.4, 0.5) is 5.69 Å². The fourth-order valence-electron chi connectivity index (χ4n) is 1.25. The first-order valence-corrected chi connectivity index (χ1v) is 8.41. The van der Waals surface area contributed by atoms with Gasteiger partial charge in [0.15, 0.2) is 4.34 Å². The Morgan fingerprint density at radius 2 is 2.21 bits per heavy atom. The molecule has 2 heterocycles. The van der Waals surface area contributed by atoms with E-state index in [2.05, 4.69) is 4.72 Å². The molecule has 0 amide bonds. The second kappa shape index (κ2) is 5.55. The number of halogens is 1. The molecule has 19 heavy (non-hydrogen) atoms. The van der Waals surface area contributed by atoms with Crippen molar-refractivity contribution < 1.29 is 13.3 Å². The largest absolute Gasteiger partial charge is 0.300 e. The van der Waals surface area contributed by atoms with Crippen LogP contribution in [-0.2, 0) is 16.6 Å². The van der Waals surface area contributed by atoms with Gasteiger partial charge >= 0.3 is 0 Å². The Bertz CT molecular complexity index is 693. The Kier molecular flexibility index (Phi) is 4.21. The summed E-state index contributed by atoms with van der Waals surface area (Å²) in [5, 5.41) is 12.5. The molecule has 0 spiro atoms. The molecule has 2 aromatic heterocycles. The molecule has 0 atom stereocenters. The first-order chi connectivity index (χ1) is 8.90. The van der Waals surface area contributed by atoms with Gasteiger partial charge in [-0.15, -0.1) is 22.7 Å². The van der Waals surface area contributed by atoms with Crippen LogP contribution in [0.5, 0.6) is 0 Å². The molecule has 6 nitrogen and oxygen atoms in total. The summed E-state index contributed by atoms with van der Waals surface area (Å²) in [7, 11) is -3.79. The summed E-state index contributed by atoms with van der Waals surface area (Å²) >= 11 is 7.71. The highest BCUT2D eigenvalue weighted by Crippen LogP contribution is 2.36. The molecule has 0 aromatic carbocycles. The molecule has 0 aliphatic rings. The number of nitrogens with zero attached hydrogens (tertiary/aromatic N) is 1. The fraction of sp³-hybridized carbons (Fsp3) is 0.111. The maximum Gasteiger partial charge on any atom is 0.300 e. The standard InChI is InChI=1S/C9H7ClN2O4S3/c10-9-7(12(13)14)4-8(18-9)19(15,16)11-5-6-2-1-3-17-6/h1-4,11H,5H2. The summed E-state index contributed by atoms with van der Waals surface area (Å²) in [6, 6.07) is 4.56. The van der Waals surface area contributed by atoms with Crippen molar-refractivity contribution in [2.45, 2.75) is 10.8 Å². The van der Waals surface area contributed by atoms with Gasteiger partial charge < -0.3 is 0 Å². The zero-order valence-electron chi connectivity index (χ0n) is 9.20. The number of rotatable bonds is 5. The van der Waals surface area contributed by atoms with Gasteiger partial charge in [-0.1, -0.05) is 17.7 Å². The minimum absolute atomic E-state index is 0.142. The Morgan fingerprint density at radius 1 is 1.47 bits per heavy atom. The maximum absolute atomic E-state index is 11.9. The van der Waals surface area contributed by atoms with Gasteiger partial charge in [0.2, 0.25) is 0 Å². The van der Waals surface area contributed by atoms with E-state index >= 15 is 0 Å². The van der Waals surface area contributed by atoms with Crippen LogP contribution in [0.3, 0.4) is 0 Å². The third-order valence-corrected chi connectivity index (χ3v) is 6.21. The quantitative estimate of drug-likeness (QED) is 0.670. The lowest BCUT2D eigenvalue weighted by atomic mass is 10.5. The highest BCUT2D eigenvalue weighted by molar-refractivity contribution is 7.91. The van der Waals surface area contributed by atoms with E-state index < -0.39 is 20.6 Å². The Labute approximate surface area is 121 Å². The highest BCUT2D eigenvalue weighted by atomic mass is 35.5. The van der Waals surface area contributed by atoms with Gasteiger partial charge in [0, 0.05) is 17.5 Å². The number of thiophene rings is 2. The number of hydrogen-bond acceptors (Lipinski definition) is 6. The summed E-state index contributed by atoms with van der Waals surface area (Å²) in [6.07, 6.45) is 0. The number of hydrogen-bond donors (Lipinski definition) is 1. The molecule has 0 saturated heterocycles. The monoisotopic (exact) mass is 338 g/mol. The topological polar surface area (TPSA) is 89.3 Å². The third kappa shape index (κ3) is 3.31. The number of nitrogens with one attached hydrogen (secondary N) is 1. The average Bonchev–Trinajstić information content (AvgIpc) is 2.95. The first kappa shape index (κ1) is 14.4. The van der Waals surface area contributed by atoms with E-state index in [1.807, 2.05) is 5.38 Å². The van der Waals surface area contributed by atoms with Crippen LogP contribution in [0.15, 0.2) is 27.8 Å². The van der Waals surface area contributed by atoms with Crippen LogP contribution in [0.2, 0.25) is 4.34 Å². The van der Waals surface area contributed by atoms with Crippen LogP contribution in [-0.4, -0.2) is 13.3 Å². The van der Waals surface area contributed by atoms with E-state index in [0.29, 0.717) is 11.3 Å². The third-order valence-electron chi connectivity index (χ3n) is 2.12. The van der Waals surface area contributed by atoms with Crippen molar-refractivity contribution >= 4 is 50.0 Å². The second-order valence-electron chi connectivity index (χ2n) is 3.39. The molecule has 2 rings (SSSR count). The molecule has 0 saturated carbocycles. The molecule has 10 heteroatoms. The molecular weight excluding hydrogens is 332 g/mol. The molecule has 0 aliphatic heterocycles. The van der Waals surface area contributed by atoms with Crippen LogP contribution >= 0.6 is 34.3 Å². The van der Waals surface area contributed by atoms with Crippen molar-refractivity contribution in [2.24, 2.45) is 0 Å². The Morgan fingerprint density at radius 3 is 2.74 bits per heavy atom. The van der Waals surface area contributed by atoms with E-state index in [1.165, 1.54) is 11.3 Å². The minimum Gasteiger partial charge on any atom is -0.258 e. The van der Waals surface area contributed by atoms with E-state index in [0.717, 1.165) is 10.9 Å². The smallest absolute Gasteiger partial charge is 0.258 e. The molecule has 2 aromatic rings. The minimum atomic E-state index is -3.79. The molecule has 0 unspecified atom stereocenters. The van der Waals surface area contributed by atoms with Gasteiger partial charge in [-0.2, -0.15) is 0 Å². The number of nitro groups is 1.